The Morgan fingerprint density at radius 3 is 2.84 bits per heavy atom. The fourth-order valence-corrected chi connectivity index (χ4v) is 5.11. The molecule has 0 fully saturated rings. The zero-order chi connectivity index (χ0) is 18.0. The molecule has 1 aromatic carbocycles. The Kier molecular flexibility index (Phi) is 5.23. The van der Waals surface area contributed by atoms with Crippen molar-refractivity contribution in [2.45, 2.75) is 9.92 Å². The summed E-state index contributed by atoms with van der Waals surface area (Å²) in [6.45, 7) is 0. The van der Waals surface area contributed by atoms with Crippen LogP contribution in [-0.4, -0.2) is 34.6 Å². The smallest absolute Gasteiger partial charge is 0.175 e. The van der Waals surface area contributed by atoms with Crippen molar-refractivity contribution >= 4 is 64.8 Å². The van der Waals surface area contributed by atoms with Gasteiger partial charge in [-0.2, -0.15) is 0 Å². The van der Waals surface area contributed by atoms with Gasteiger partial charge < -0.3 is 5.41 Å². The van der Waals surface area contributed by atoms with Gasteiger partial charge in [-0.3, -0.25) is 5.41 Å². The van der Waals surface area contributed by atoms with Crippen molar-refractivity contribution in [3.63, 3.8) is 0 Å². The van der Waals surface area contributed by atoms with Gasteiger partial charge in [0.1, 0.15) is 20.6 Å². The van der Waals surface area contributed by atoms with Gasteiger partial charge in [-0.1, -0.05) is 23.9 Å². The molecular weight excluding hydrogens is 396 g/mol. The molecule has 0 aliphatic carbocycles. The molecule has 2 N–H and O–H groups in total. The molecule has 0 atom stereocenters. The summed E-state index contributed by atoms with van der Waals surface area (Å²) < 4.78 is 23.9. The van der Waals surface area contributed by atoms with Gasteiger partial charge in [0.05, 0.1) is 15.8 Å². The molecule has 10 heteroatoms. The maximum absolute atomic E-state index is 11.8. The molecule has 128 valence electrons. The molecule has 0 aliphatic rings. The van der Waals surface area contributed by atoms with E-state index in [1.54, 1.807) is 18.2 Å². The highest BCUT2D eigenvalue weighted by atomic mass is 32.2. The molecule has 0 radical (unpaired) electrons. The van der Waals surface area contributed by atoms with Crippen molar-refractivity contribution in [1.29, 1.82) is 10.8 Å². The first-order valence-electron chi connectivity index (χ1n) is 6.85. The van der Waals surface area contributed by atoms with E-state index < -0.39 is 9.84 Å². The number of fused-ring (bicyclic) bond motifs is 1. The lowest BCUT2D eigenvalue weighted by atomic mass is 10.1. The van der Waals surface area contributed by atoms with Crippen molar-refractivity contribution in [3.05, 3.63) is 36.0 Å². The number of sulfone groups is 1. The summed E-state index contributed by atoms with van der Waals surface area (Å²) in [5.74, 6) is 0. The lowest BCUT2D eigenvalue weighted by Crippen LogP contribution is -1.96. The summed E-state index contributed by atoms with van der Waals surface area (Å²) >= 11 is 3.59. The number of hydrogen-bond donors (Lipinski definition) is 2. The van der Waals surface area contributed by atoms with E-state index in [0.29, 0.717) is 5.03 Å². The third kappa shape index (κ3) is 3.92. The van der Waals surface area contributed by atoms with Crippen LogP contribution < -0.4 is 0 Å². The molecule has 0 unspecified atom stereocenters. The number of rotatable bonds is 4. The van der Waals surface area contributed by atoms with E-state index in [0.717, 1.165) is 50.4 Å². The Balaban J connectivity index is 2.15. The summed E-state index contributed by atoms with van der Waals surface area (Å²) in [7, 11) is -3.30. The van der Waals surface area contributed by atoms with Crippen LogP contribution in [0.15, 0.2) is 45.9 Å². The van der Waals surface area contributed by atoms with Crippen molar-refractivity contribution in [1.82, 2.24) is 9.97 Å². The van der Waals surface area contributed by atoms with Gasteiger partial charge in [-0.05, 0) is 29.5 Å². The van der Waals surface area contributed by atoms with Gasteiger partial charge in [0.2, 0.25) is 0 Å². The maximum Gasteiger partial charge on any atom is 0.175 e. The van der Waals surface area contributed by atoms with E-state index in [1.165, 1.54) is 23.9 Å². The molecule has 0 aliphatic heterocycles. The first kappa shape index (κ1) is 18.1. The minimum absolute atomic E-state index is 0.233. The van der Waals surface area contributed by atoms with E-state index in [4.69, 9.17) is 10.8 Å². The number of benzene rings is 1. The van der Waals surface area contributed by atoms with Crippen LogP contribution in [0.1, 0.15) is 0 Å². The Morgan fingerprint density at radius 1 is 1.32 bits per heavy atom. The Hall–Kier alpha value is -1.75. The molecule has 2 aromatic heterocycles. The van der Waals surface area contributed by atoms with E-state index in [2.05, 4.69) is 9.97 Å². The number of thiophene rings is 1. The molecule has 0 saturated carbocycles. The van der Waals surface area contributed by atoms with Gasteiger partial charge in [-0.15, -0.1) is 11.3 Å². The van der Waals surface area contributed by atoms with Crippen LogP contribution in [0, 0.1) is 10.8 Å². The van der Waals surface area contributed by atoms with E-state index in [9.17, 15) is 8.42 Å². The summed E-state index contributed by atoms with van der Waals surface area (Å²) in [6.07, 6.45) is 2.62. The van der Waals surface area contributed by atoms with E-state index in [-0.39, 0.29) is 9.27 Å². The van der Waals surface area contributed by atoms with Crippen LogP contribution in [0.5, 0.6) is 0 Å². The number of nitrogens with one attached hydrogen (secondary N) is 2. The van der Waals surface area contributed by atoms with E-state index in [1.807, 2.05) is 11.4 Å². The van der Waals surface area contributed by atoms with Gasteiger partial charge >= 0.3 is 0 Å². The molecule has 0 bridgehead atoms. The highest BCUT2D eigenvalue weighted by molar-refractivity contribution is 8.44. The third-order valence-electron chi connectivity index (χ3n) is 3.26. The number of nitrogens with zero attached hydrogens (tertiary/aromatic N) is 2. The second-order valence-corrected chi connectivity index (χ2v) is 9.94. The van der Waals surface area contributed by atoms with Gasteiger partial charge in [-0.25, -0.2) is 18.4 Å². The summed E-state index contributed by atoms with van der Waals surface area (Å²) in [4.78, 5) is 9.56. The van der Waals surface area contributed by atoms with Crippen molar-refractivity contribution in [2.75, 3.05) is 6.26 Å². The first-order chi connectivity index (χ1) is 11.9. The Morgan fingerprint density at radius 2 is 2.12 bits per heavy atom. The molecule has 3 rings (SSSR count). The van der Waals surface area contributed by atoms with Crippen LogP contribution in [0.2, 0.25) is 0 Å². The monoisotopic (exact) mass is 408 g/mol. The van der Waals surface area contributed by atoms with Crippen molar-refractivity contribution in [3.8, 4) is 11.1 Å². The van der Waals surface area contributed by atoms with Crippen LogP contribution in [0.3, 0.4) is 0 Å². The fourth-order valence-electron chi connectivity index (χ4n) is 2.20. The van der Waals surface area contributed by atoms with Gasteiger partial charge in [0, 0.05) is 17.2 Å². The predicted octanol–water partition coefficient (Wildman–Crippen LogP) is 4.13. The van der Waals surface area contributed by atoms with Crippen LogP contribution in [-0.2, 0) is 9.84 Å². The second-order valence-electron chi connectivity index (χ2n) is 4.93. The number of thioether (sulfide) groups is 2. The number of aromatic nitrogens is 2. The van der Waals surface area contributed by atoms with E-state index >= 15 is 0 Å². The summed E-state index contributed by atoms with van der Waals surface area (Å²) in [6, 6.07) is 6.75. The highest BCUT2D eigenvalue weighted by Gasteiger charge is 2.16. The topological polar surface area (TPSA) is 108 Å². The SMILES string of the molecule is CS(=O)(=O)c1cccc(-c2csc3ncnc(SC(=N)SC=N)c23)c1. The number of hydrogen-bond acceptors (Lipinski definition) is 9. The predicted molar refractivity (Wildman–Crippen MR) is 106 cm³/mol. The lowest BCUT2D eigenvalue weighted by Gasteiger charge is -2.06. The highest BCUT2D eigenvalue weighted by Crippen LogP contribution is 2.39. The summed E-state index contributed by atoms with van der Waals surface area (Å²) in [5.41, 5.74) is 2.69. The first-order valence-corrected chi connectivity index (χ1v) is 11.3. The zero-order valence-electron chi connectivity index (χ0n) is 12.9. The molecule has 0 amide bonds. The van der Waals surface area contributed by atoms with Crippen LogP contribution >= 0.6 is 34.9 Å². The molecular formula is C15H12N4O2S4. The Labute approximate surface area is 157 Å². The zero-order valence-corrected chi connectivity index (χ0v) is 16.2. The molecule has 3 aromatic rings. The fraction of sp³-hybridized carbons (Fsp3) is 0.0667. The Bertz CT molecular complexity index is 1080. The molecule has 0 spiro atoms. The van der Waals surface area contributed by atoms with Gasteiger partial charge in [0.15, 0.2) is 9.84 Å². The standard InChI is InChI=1S/C15H12N4O2S4/c1-25(20,21)10-4-2-3-9(5-10)11-6-22-13-12(11)14(19-8-18-13)24-15(17)23-7-16/h2-8,16-17H,1H3. The minimum atomic E-state index is -3.30. The second kappa shape index (κ2) is 7.24. The maximum atomic E-state index is 11.8. The lowest BCUT2D eigenvalue weighted by molar-refractivity contribution is 0.602. The average Bonchev–Trinajstić information content (AvgIpc) is 2.99. The van der Waals surface area contributed by atoms with Crippen LogP contribution in [0.25, 0.3) is 21.3 Å². The quantitative estimate of drug-likeness (QED) is 0.291. The summed E-state index contributed by atoms with van der Waals surface area (Å²) in [5, 5.41) is 18.3. The normalized spacial score (nSPS) is 11.6. The average molecular weight is 409 g/mol. The van der Waals surface area contributed by atoms with Crippen molar-refractivity contribution in [2.24, 2.45) is 0 Å². The third-order valence-corrected chi connectivity index (χ3v) is 6.82. The molecule has 6 nitrogen and oxygen atoms in total. The molecule has 25 heavy (non-hydrogen) atoms. The molecule has 2 heterocycles. The van der Waals surface area contributed by atoms with Gasteiger partial charge in [0.25, 0.3) is 0 Å². The largest absolute Gasteiger partial charge is 0.301 e. The minimum Gasteiger partial charge on any atom is -0.301 e. The van der Waals surface area contributed by atoms with Crippen molar-refractivity contribution < 1.29 is 8.42 Å². The van der Waals surface area contributed by atoms with Crippen LogP contribution in [0.4, 0.5) is 0 Å². The molecule has 0 saturated heterocycles.